The Morgan fingerprint density at radius 3 is 2.14 bits per heavy atom. The summed E-state index contributed by atoms with van der Waals surface area (Å²) in [5.41, 5.74) is 3.12. The molecule has 0 bridgehead atoms. The molecule has 3 aromatic rings. The number of amides is 1. The van der Waals surface area contributed by atoms with Crippen LogP contribution in [0.5, 0.6) is 0 Å². The number of hydrogen-bond donors (Lipinski definition) is 1. The number of nitrogens with zero attached hydrogens (tertiary/aromatic N) is 3. The van der Waals surface area contributed by atoms with Crippen molar-refractivity contribution < 1.29 is 19.1 Å². The second-order valence-corrected chi connectivity index (χ2v) is 7.20. The number of benzene rings is 2. The first-order valence-corrected chi connectivity index (χ1v) is 9.58. The third-order valence-electron chi connectivity index (χ3n) is 5.15. The van der Waals surface area contributed by atoms with Crippen molar-refractivity contribution in [3.05, 3.63) is 59.7 Å². The molecule has 1 N–H and O–H groups in total. The lowest BCUT2D eigenvalue weighted by Gasteiger charge is -2.33. The van der Waals surface area contributed by atoms with Crippen molar-refractivity contribution in [1.82, 2.24) is 15.1 Å². The van der Waals surface area contributed by atoms with Gasteiger partial charge in [0.15, 0.2) is 0 Å². The van der Waals surface area contributed by atoms with Gasteiger partial charge in [0.05, 0.1) is 0 Å². The summed E-state index contributed by atoms with van der Waals surface area (Å²) in [6, 6.07) is 13.8. The van der Waals surface area contributed by atoms with E-state index in [-0.39, 0.29) is 5.91 Å². The van der Waals surface area contributed by atoms with Gasteiger partial charge in [-0.2, -0.15) is 0 Å². The minimum absolute atomic E-state index is 0.269. The van der Waals surface area contributed by atoms with Crippen molar-refractivity contribution in [2.24, 2.45) is 0 Å². The normalized spacial score (nSPS) is 16.6. The van der Waals surface area contributed by atoms with Crippen molar-refractivity contribution in [3.8, 4) is 22.9 Å². The highest BCUT2D eigenvalue weighted by molar-refractivity contribution is 5.97. The molecule has 1 aromatic heterocycles. The molecule has 1 fully saturated rings. The number of carbonyl (C=O) groups excluding carboxylic acids is 1. The molecular weight excluding hydrogens is 370 g/mol. The molecule has 0 radical (unpaired) electrons. The Bertz CT molecular complexity index is 1020. The summed E-state index contributed by atoms with van der Waals surface area (Å²) in [5.74, 6) is -0.433. The number of hydrogen-bond acceptors (Lipinski definition) is 5. The van der Waals surface area contributed by atoms with Crippen molar-refractivity contribution in [3.63, 3.8) is 0 Å². The van der Waals surface area contributed by atoms with E-state index in [4.69, 9.17) is 4.42 Å². The lowest BCUT2D eigenvalue weighted by atomic mass is 10.0. The number of carbonyl (C=O) groups is 2. The number of carboxylic acids is 1. The van der Waals surface area contributed by atoms with Gasteiger partial charge in [-0.05, 0) is 62.6 Å². The Balaban J connectivity index is 1.53. The number of aliphatic carboxylic acids is 1. The number of aromatic nitrogens is 2. The number of rotatable bonds is 4. The molecule has 148 valence electrons. The average Bonchev–Trinajstić information content (AvgIpc) is 3.24. The van der Waals surface area contributed by atoms with E-state index in [1.807, 2.05) is 31.2 Å². The summed E-state index contributed by atoms with van der Waals surface area (Å²) in [6.07, 6.45) is 2.13. The van der Waals surface area contributed by atoms with Crippen LogP contribution in [-0.4, -0.2) is 44.7 Å². The zero-order valence-electron chi connectivity index (χ0n) is 16.0. The van der Waals surface area contributed by atoms with E-state index < -0.39 is 12.0 Å². The first-order valence-electron chi connectivity index (χ1n) is 9.58. The number of likely N-dealkylation sites (tertiary alicyclic amines) is 1. The van der Waals surface area contributed by atoms with Crippen LogP contribution in [0.25, 0.3) is 22.9 Å². The average molecular weight is 391 g/mol. The van der Waals surface area contributed by atoms with Crippen molar-refractivity contribution in [1.29, 1.82) is 0 Å². The molecule has 0 aliphatic carbocycles. The second kappa shape index (κ2) is 7.87. The molecule has 0 spiro atoms. The Kier molecular flexibility index (Phi) is 5.12. The van der Waals surface area contributed by atoms with Gasteiger partial charge >= 0.3 is 5.97 Å². The van der Waals surface area contributed by atoms with Crippen molar-refractivity contribution in [2.75, 3.05) is 6.54 Å². The van der Waals surface area contributed by atoms with E-state index >= 15 is 0 Å². The molecule has 1 atom stereocenters. The van der Waals surface area contributed by atoms with Crippen LogP contribution in [0.3, 0.4) is 0 Å². The van der Waals surface area contributed by atoms with Gasteiger partial charge in [0.25, 0.3) is 5.91 Å². The molecule has 2 heterocycles. The van der Waals surface area contributed by atoms with Crippen LogP contribution in [-0.2, 0) is 4.79 Å². The van der Waals surface area contributed by atoms with Gasteiger partial charge < -0.3 is 14.4 Å². The fraction of sp³-hybridized carbons (Fsp3) is 0.273. The Morgan fingerprint density at radius 2 is 1.55 bits per heavy atom. The molecule has 7 heteroatoms. The summed E-state index contributed by atoms with van der Waals surface area (Å²) >= 11 is 0. The maximum Gasteiger partial charge on any atom is 0.326 e. The van der Waals surface area contributed by atoms with Crippen molar-refractivity contribution in [2.45, 2.75) is 32.2 Å². The van der Waals surface area contributed by atoms with Gasteiger partial charge in [-0.25, -0.2) is 4.79 Å². The van der Waals surface area contributed by atoms with E-state index in [2.05, 4.69) is 10.2 Å². The molecule has 1 saturated heterocycles. The lowest BCUT2D eigenvalue weighted by Crippen LogP contribution is -2.47. The van der Waals surface area contributed by atoms with Crippen LogP contribution in [0.4, 0.5) is 0 Å². The van der Waals surface area contributed by atoms with Gasteiger partial charge in [-0.15, -0.1) is 10.2 Å². The van der Waals surface area contributed by atoms with Crippen LogP contribution in [0.15, 0.2) is 52.9 Å². The van der Waals surface area contributed by atoms with Gasteiger partial charge in [0.1, 0.15) is 6.04 Å². The smallest absolute Gasteiger partial charge is 0.326 e. The molecule has 7 nitrogen and oxygen atoms in total. The maximum absolute atomic E-state index is 12.8. The molecule has 4 rings (SSSR count). The molecule has 2 aromatic carbocycles. The maximum atomic E-state index is 12.8. The third-order valence-corrected chi connectivity index (χ3v) is 5.15. The highest BCUT2D eigenvalue weighted by Gasteiger charge is 2.32. The summed E-state index contributed by atoms with van der Waals surface area (Å²) in [5, 5.41) is 17.6. The minimum atomic E-state index is -0.954. The van der Waals surface area contributed by atoms with E-state index in [1.54, 1.807) is 24.3 Å². The third kappa shape index (κ3) is 3.89. The summed E-state index contributed by atoms with van der Waals surface area (Å²) in [7, 11) is 0. The molecule has 1 aliphatic heterocycles. The number of piperidine rings is 1. The Hall–Kier alpha value is -3.48. The summed E-state index contributed by atoms with van der Waals surface area (Å²) in [6.45, 7) is 2.47. The predicted octanol–water partition coefficient (Wildman–Crippen LogP) is 3.79. The molecule has 0 saturated carbocycles. The Labute approximate surface area is 168 Å². The first-order chi connectivity index (χ1) is 14.0. The standard InChI is InChI=1S/C22H21N3O4/c1-14-5-7-15(8-6-14)19-23-24-20(29-19)16-9-11-17(12-10-16)21(26)25-13-3-2-4-18(25)22(27)28/h5-12,18H,2-4,13H2,1H3,(H,27,28)/t18-/m1/s1. The fourth-order valence-electron chi connectivity index (χ4n) is 3.51. The van der Waals surface area contributed by atoms with E-state index in [9.17, 15) is 14.7 Å². The van der Waals surface area contributed by atoms with Crippen LogP contribution >= 0.6 is 0 Å². The number of carboxylic acid groups (broad SMARTS) is 1. The van der Waals surface area contributed by atoms with Crippen LogP contribution in [0.2, 0.25) is 0 Å². The molecule has 1 aliphatic rings. The molecule has 29 heavy (non-hydrogen) atoms. The zero-order valence-corrected chi connectivity index (χ0v) is 16.0. The molecule has 0 unspecified atom stereocenters. The van der Waals surface area contributed by atoms with Gasteiger partial charge in [0.2, 0.25) is 11.8 Å². The minimum Gasteiger partial charge on any atom is -0.480 e. The monoisotopic (exact) mass is 391 g/mol. The van der Waals surface area contributed by atoms with Gasteiger partial charge in [0, 0.05) is 23.2 Å². The van der Waals surface area contributed by atoms with Crippen LogP contribution in [0, 0.1) is 6.92 Å². The van der Waals surface area contributed by atoms with E-state index in [1.165, 1.54) is 4.90 Å². The summed E-state index contributed by atoms with van der Waals surface area (Å²) in [4.78, 5) is 25.7. The predicted molar refractivity (Wildman–Crippen MR) is 106 cm³/mol. The highest BCUT2D eigenvalue weighted by Crippen LogP contribution is 2.25. The van der Waals surface area contributed by atoms with E-state index in [0.717, 1.165) is 24.0 Å². The largest absolute Gasteiger partial charge is 0.480 e. The SMILES string of the molecule is Cc1ccc(-c2nnc(-c3ccc(C(=O)N4CCCC[C@@H]4C(=O)O)cc3)o2)cc1. The highest BCUT2D eigenvalue weighted by atomic mass is 16.4. The van der Waals surface area contributed by atoms with Crippen LogP contribution in [0.1, 0.15) is 35.2 Å². The number of aryl methyl sites for hydroxylation is 1. The summed E-state index contributed by atoms with van der Waals surface area (Å²) < 4.78 is 5.77. The quantitative estimate of drug-likeness (QED) is 0.727. The van der Waals surface area contributed by atoms with Crippen LogP contribution < -0.4 is 0 Å². The van der Waals surface area contributed by atoms with E-state index in [0.29, 0.717) is 35.9 Å². The fourth-order valence-corrected chi connectivity index (χ4v) is 3.51. The topological polar surface area (TPSA) is 96.5 Å². The lowest BCUT2D eigenvalue weighted by molar-refractivity contribution is -0.143. The van der Waals surface area contributed by atoms with Gasteiger partial charge in [-0.1, -0.05) is 17.7 Å². The first kappa shape index (κ1) is 18.9. The molecular formula is C22H21N3O4. The van der Waals surface area contributed by atoms with Gasteiger partial charge in [-0.3, -0.25) is 4.79 Å². The second-order valence-electron chi connectivity index (χ2n) is 7.20. The molecule has 1 amide bonds. The zero-order chi connectivity index (χ0) is 20.4. The van der Waals surface area contributed by atoms with Crippen molar-refractivity contribution >= 4 is 11.9 Å². The Morgan fingerprint density at radius 1 is 0.966 bits per heavy atom.